The molecule has 0 radical (unpaired) electrons. The maximum atomic E-state index is 6.44. The van der Waals surface area contributed by atoms with Crippen LogP contribution in [0.3, 0.4) is 0 Å². The summed E-state index contributed by atoms with van der Waals surface area (Å²) in [6, 6.07) is 58.3. The normalized spacial score (nSPS) is 13.8. The van der Waals surface area contributed by atoms with Gasteiger partial charge in [0.15, 0.2) is 0 Å². The number of fused-ring (bicyclic) bond motifs is 16. The van der Waals surface area contributed by atoms with Gasteiger partial charge in [0.25, 0.3) is 0 Å². The highest BCUT2D eigenvalue weighted by Gasteiger charge is 2.52. The van der Waals surface area contributed by atoms with Crippen LogP contribution >= 0.6 is 0 Å². The summed E-state index contributed by atoms with van der Waals surface area (Å²) in [5.74, 6) is 0. The molecule has 9 aromatic rings. The average Bonchev–Trinajstić information content (AvgIpc) is 3.73. The van der Waals surface area contributed by atoms with Crippen LogP contribution in [-0.2, 0) is 5.41 Å². The monoisotopic (exact) mass is 582 g/mol. The highest BCUT2D eigenvalue weighted by molar-refractivity contribution is 6.11. The topological polar surface area (TPSA) is 13.1 Å². The second-order valence-electron chi connectivity index (χ2n) is 12.8. The van der Waals surface area contributed by atoms with Gasteiger partial charge in [-0.05, 0) is 108 Å². The van der Waals surface area contributed by atoms with Crippen LogP contribution in [-0.4, -0.2) is 0 Å². The van der Waals surface area contributed by atoms with Crippen LogP contribution in [0.25, 0.3) is 76.9 Å². The molecule has 0 amide bonds. The zero-order valence-electron chi connectivity index (χ0n) is 24.9. The largest absolute Gasteiger partial charge is 0.456 e. The Hall–Kier alpha value is -5.92. The van der Waals surface area contributed by atoms with Crippen molar-refractivity contribution in [2.75, 3.05) is 0 Å². The molecular formula is C45H26O. The Bertz CT molecular complexity index is 2700. The van der Waals surface area contributed by atoms with Gasteiger partial charge in [-0.2, -0.15) is 0 Å². The third-order valence-corrected chi connectivity index (χ3v) is 10.6. The first kappa shape index (κ1) is 24.4. The van der Waals surface area contributed by atoms with E-state index in [4.69, 9.17) is 4.42 Å². The number of rotatable bonds is 1. The van der Waals surface area contributed by atoms with Gasteiger partial charge >= 0.3 is 0 Å². The molecular weight excluding hydrogens is 556 g/mol. The first-order valence-corrected chi connectivity index (χ1v) is 16.0. The first-order chi connectivity index (χ1) is 22.8. The molecule has 0 aliphatic heterocycles. The van der Waals surface area contributed by atoms with Crippen molar-refractivity contribution in [3.05, 3.63) is 180 Å². The Morgan fingerprint density at radius 2 is 0.891 bits per heavy atom. The lowest BCUT2D eigenvalue weighted by Gasteiger charge is -2.31. The van der Waals surface area contributed by atoms with Crippen molar-refractivity contribution < 1.29 is 4.42 Å². The summed E-state index contributed by atoms with van der Waals surface area (Å²) in [5, 5.41) is 7.31. The fourth-order valence-electron chi connectivity index (χ4n) is 8.75. The number of benzene rings is 8. The molecule has 212 valence electrons. The molecule has 11 rings (SSSR count). The Morgan fingerprint density at radius 1 is 0.348 bits per heavy atom. The molecule has 0 atom stereocenters. The van der Waals surface area contributed by atoms with E-state index in [0.29, 0.717) is 0 Å². The highest BCUT2D eigenvalue weighted by Crippen LogP contribution is 2.64. The number of furan rings is 1. The second-order valence-corrected chi connectivity index (χ2v) is 12.8. The van der Waals surface area contributed by atoms with Gasteiger partial charge in [0.2, 0.25) is 0 Å². The molecule has 1 nitrogen and oxygen atoms in total. The van der Waals surface area contributed by atoms with E-state index in [-0.39, 0.29) is 5.41 Å². The van der Waals surface area contributed by atoms with Gasteiger partial charge in [-0.15, -0.1) is 0 Å². The fourth-order valence-corrected chi connectivity index (χ4v) is 8.75. The van der Waals surface area contributed by atoms with Gasteiger partial charge in [-0.25, -0.2) is 0 Å². The molecule has 46 heavy (non-hydrogen) atoms. The molecule has 0 fully saturated rings. The van der Waals surface area contributed by atoms with Crippen LogP contribution in [0.1, 0.15) is 22.3 Å². The van der Waals surface area contributed by atoms with Crippen molar-refractivity contribution in [3.8, 4) is 33.4 Å². The highest BCUT2D eigenvalue weighted by atomic mass is 16.3. The standard InChI is InChI=1S/C45H26O/c1-2-10-28-25-43-38(24-27(28)9-1)36-21-18-30(26-42(36)46-43)29-17-20-32-31(23-29)19-22-37-35-13-5-8-16-41(35)45(44(32)37)39-14-6-3-11-33(39)34-12-4-7-15-40(34)45/h1-26H. The Morgan fingerprint density at radius 3 is 1.59 bits per heavy atom. The lowest BCUT2D eigenvalue weighted by atomic mass is 9.69. The summed E-state index contributed by atoms with van der Waals surface area (Å²) in [6.45, 7) is 0. The van der Waals surface area contributed by atoms with Gasteiger partial charge in [0, 0.05) is 10.8 Å². The average molecular weight is 583 g/mol. The molecule has 1 heteroatoms. The maximum absolute atomic E-state index is 6.44. The molecule has 1 heterocycles. The van der Waals surface area contributed by atoms with E-state index in [1.54, 1.807) is 0 Å². The Balaban J connectivity index is 1.14. The van der Waals surface area contributed by atoms with Crippen molar-refractivity contribution in [1.82, 2.24) is 0 Å². The van der Waals surface area contributed by atoms with Crippen LogP contribution in [0.2, 0.25) is 0 Å². The third kappa shape index (κ3) is 2.96. The van der Waals surface area contributed by atoms with E-state index in [2.05, 4.69) is 158 Å². The lowest BCUT2D eigenvalue weighted by Crippen LogP contribution is -2.26. The summed E-state index contributed by atoms with van der Waals surface area (Å²) in [6.07, 6.45) is 0. The third-order valence-electron chi connectivity index (χ3n) is 10.6. The van der Waals surface area contributed by atoms with Crippen molar-refractivity contribution in [2.45, 2.75) is 5.41 Å². The predicted molar refractivity (Wildman–Crippen MR) is 190 cm³/mol. The molecule has 2 aliphatic rings. The summed E-state index contributed by atoms with van der Waals surface area (Å²) in [5.41, 5.74) is 14.7. The van der Waals surface area contributed by atoms with Crippen molar-refractivity contribution >= 4 is 43.5 Å². The van der Waals surface area contributed by atoms with E-state index in [1.807, 2.05) is 0 Å². The van der Waals surface area contributed by atoms with Gasteiger partial charge in [0.05, 0.1) is 5.41 Å². The van der Waals surface area contributed by atoms with Crippen LogP contribution in [0, 0.1) is 0 Å². The van der Waals surface area contributed by atoms with E-state index in [1.165, 1.54) is 71.6 Å². The zero-order chi connectivity index (χ0) is 30.0. The zero-order valence-corrected chi connectivity index (χ0v) is 24.9. The van der Waals surface area contributed by atoms with E-state index in [0.717, 1.165) is 27.5 Å². The van der Waals surface area contributed by atoms with Gasteiger partial charge in [0.1, 0.15) is 11.2 Å². The molecule has 1 spiro atoms. The van der Waals surface area contributed by atoms with Crippen LogP contribution in [0.5, 0.6) is 0 Å². The Kier molecular flexibility index (Phi) is 4.57. The molecule has 2 aliphatic carbocycles. The maximum Gasteiger partial charge on any atom is 0.136 e. The molecule has 1 aromatic heterocycles. The molecule has 0 N–H and O–H groups in total. The molecule has 0 bridgehead atoms. The van der Waals surface area contributed by atoms with Crippen molar-refractivity contribution in [2.24, 2.45) is 0 Å². The summed E-state index contributed by atoms with van der Waals surface area (Å²) >= 11 is 0. The number of hydrogen-bond acceptors (Lipinski definition) is 1. The van der Waals surface area contributed by atoms with Crippen LogP contribution in [0.4, 0.5) is 0 Å². The van der Waals surface area contributed by atoms with E-state index >= 15 is 0 Å². The molecule has 0 saturated heterocycles. The van der Waals surface area contributed by atoms with E-state index < -0.39 is 0 Å². The molecule has 8 aromatic carbocycles. The first-order valence-electron chi connectivity index (χ1n) is 16.0. The number of hydrogen-bond donors (Lipinski definition) is 0. The van der Waals surface area contributed by atoms with Crippen LogP contribution in [0.15, 0.2) is 162 Å². The summed E-state index contributed by atoms with van der Waals surface area (Å²) in [4.78, 5) is 0. The smallest absolute Gasteiger partial charge is 0.136 e. The van der Waals surface area contributed by atoms with E-state index in [9.17, 15) is 0 Å². The molecule has 0 saturated carbocycles. The quantitative estimate of drug-likeness (QED) is 0.188. The summed E-state index contributed by atoms with van der Waals surface area (Å²) < 4.78 is 6.44. The van der Waals surface area contributed by atoms with Gasteiger partial charge in [-0.3, -0.25) is 0 Å². The minimum Gasteiger partial charge on any atom is -0.456 e. The molecule has 0 unspecified atom stereocenters. The van der Waals surface area contributed by atoms with Crippen LogP contribution < -0.4 is 0 Å². The van der Waals surface area contributed by atoms with Gasteiger partial charge in [-0.1, -0.05) is 127 Å². The van der Waals surface area contributed by atoms with Crippen molar-refractivity contribution in [3.63, 3.8) is 0 Å². The van der Waals surface area contributed by atoms with Crippen molar-refractivity contribution in [1.29, 1.82) is 0 Å². The Labute approximate surface area is 266 Å². The summed E-state index contributed by atoms with van der Waals surface area (Å²) in [7, 11) is 0. The fraction of sp³-hybridized carbons (Fsp3) is 0.0222. The minimum absolute atomic E-state index is 0.350. The van der Waals surface area contributed by atoms with Gasteiger partial charge < -0.3 is 4.42 Å². The lowest BCUT2D eigenvalue weighted by molar-refractivity contribution is 0.669. The SMILES string of the molecule is c1ccc2c(c1)-c1ccccc1C21c2ccccc2-c2ccc3cc(-c4ccc5c(c4)oc4cc6ccccc6cc45)ccc3c21. The second kappa shape index (κ2) is 8.62. The predicted octanol–water partition coefficient (Wildman–Crippen LogP) is 11.9. The minimum atomic E-state index is -0.350.